The Hall–Kier alpha value is -0.340. The Morgan fingerprint density at radius 2 is 1.74 bits per heavy atom. The highest BCUT2D eigenvalue weighted by atomic mass is 79.9. The van der Waals surface area contributed by atoms with Crippen molar-refractivity contribution in [2.45, 2.75) is 53.0 Å². The number of hydrogen-bond acceptors (Lipinski definition) is 1. The van der Waals surface area contributed by atoms with Crippen molar-refractivity contribution in [2.24, 2.45) is 11.8 Å². The monoisotopic (exact) mass is 325 g/mol. The van der Waals surface area contributed by atoms with Crippen LogP contribution in [0, 0.1) is 11.8 Å². The van der Waals surface area contributed by atoms with Gasteiger partial charge in [0.1, 0.15) is 0 Å². The molecule has 0 saturated carbocycles. The molecule has 0 amide bonds. The van der Waals surface area contributed by atoms with Crippen molar-refractivity contribution < 1.29 is 0 Å². The van der Waals surface area contributed by atoms with E-state index in [1.165, 1.54) is 24.8 Å². The molecule has 1 nitrogen and oxygen atoms in total. The van der Waals surface area contributed by atoms with Crippen LogP contribution >= 0.6 is 15.9 Å². The first-order valence-electron chi connectivity index (χ1n) is 7.50. The van der Waals surface area contributed by atoms with Crippen molar-refractivity contribution in [1.29, 1.82) is 0 Å². The maximum absolute atomic E-state index is 3.61. The zero-order valence-corrected chi connectivity index (χ0v) is 14.3. The average Bonchev–Trinajstić information content (AvgIpc) is 2.36. The minimum Gasteiger partial charge on any atom is -0.314 e. The summed E-state index contributed by atoms with van der Waals surface area (Å²) in [6.07, 6.45) is 3.77. The van der Waals surface area contributed by atoms with E-state index in [4.69, 9.17) is 0 Å². The summed E-state index contributed by atoms with van der Waals surface area (Å²) in [5, 5.41) is 3.61. The van der Waals surface area contributed by atoms with E-state index >= 15 is 0 Å². The van der Waals surface area contributed by atoms with Gasteiger partial charge in [-0.15, -0.1) is 0 Å². The van der Waals surface area contributed by atoms with Crippen LogP contribution in [0.4, 0.5) is 0 Å². The average molecular weight is 326 g/mol. The molecule has 108 valence electrons. The molecule has 0 radical (unpaired) electrons. The van der Waals surface area contributed by atoms with E-state index in [0.29, 0.717) is 6.04 Å². The molecule has 1 aromatic rings. The van der Waals surface area contributed by atoms with Crippen LogP contribution in [0.1, 0.15) is 46.1 Å². The van der Waals surface area contributed by atoms with Gasteiger partial charge < -0.3 is 5.32 Å². The summed E-state index contributed by atoms with van der Waals surface area (Å²) in [5.41, 5.74) is 1.45. The fourth-order valence-electron chi connectivity index (χ4n) is 2.48. The molecule has 2 atom stereocenters. The smallest absolute Gasteiger partial charge is 0.0175 e. The lowest BCUT2D eigenvalue weighted by Crippen LogP contribution is -2.33. The first-order valence-corrected chi connectivity index (χ1v) is 8.30. The lowest BCUT2D eigenvalue weighted by molar-refractivity contribution is 0.310. The van der Waals surface area contributed by atoms with Crippen molar-refractivity contribution in [3.8, 4) is 0 Å². The van der Waals surface area contributed by atoms with Crippen molar-refractivity contribution in [3.05, 3.63) is 34.3 Å². The van der Waals surface area contributed by atoms with Gasteiger partial charge in [-0.1, -0.05) is 68.6 Å². The molecule has 0 heterocycles. The van der Waals surface area contributed by atoms with Gasteiger partial charge >= 0.3 is 0 Å². The lowest BCUT2D eigenvalue weighted by atomic mass is 9.85. The van der Waals surface area contributed by atoms with Crippen LogP contribution in [0.15, 0.2) is 28.7 Å². The molecule has 2 unspecified atom stereocenters. The Kier molecular flexibility index (Phi) is 7.70. The fraction of sp³-hybridized carbons (Fsp3) is 0.647. The van der Waals surface area contributed by atoms with Crippen LogP contribution in [-0.2, 0) is 6.42 Å². The number of rotatable bonds is 8. The summed E-state index contributed by atoms with van der Waals surface area (Å²) in [7, 11) is 0. The standard InChI is InChI=1S/C17H28BrN/c1-5-6-14(4)16(12-19-13(2)3)11-15-7-9-17(18)10-8-15/h7-10,13-14,16,19H,5-6,11-12H2,1-4H3. The predicted molar refractivity (Wildman–Crippen MR) is 88.5 cm³/mol. The molecule has 0 bridgehead atoms. The summed E-state index contributed by atoms with van der Waals surface area (Å²) < 4.78 is 1.16. The highest BCUT2D eigenvalue weighted by Crippen LogP contribution is 2.22. The highest BCUT2D eigenvalue weighted by Gasteiger charge is 2.17. The molecule has 0 saturated heterocycles. The van der Waals surface area contributed by atoms with E-state index in [1.807, 2.05) is 0 Å². The van der Waals surface area contributed by atoms with Gasteiger partial charge in [-0.25, -0.2) is 0 Å². The third-order valence-electron chi connectivity index (χ3n) is 3.75. The molecule has 1 rings (SSSR count). The van der Waals surface area contributed by atoms with Crippen LogP contribution in [0.2, 0.25) is 0 Å². The summed E-state index contributed by atoms with van der Waals surface area (Å²) >= 11 is 3.50. The van der Waals surface area contributed by atoms with Gasteiger partial charge in [0, 0.05) is 10.5 Å². The Balaban J connectivity index is 2.64. The van der Waals surface area contributed by atoms with Crippen LogP contribution in [0.3, 0.4) is 0 Å². The Morgan fingerprint density at radius 3 is 2.26 bits per heavy atom. The van der Waals surface area contributed by atoms with Crippen molar-refractivity contribution in [2.75, 3.05) is 6.54 Å². The summed E-state index contributed by atoms with van der Waals surface area (Å²) in [5.74, 6) is 1.50. The summed E-state index contributed by atoms with van der Waals surface area (Å²) in [4.78, 5) is 0. The van der Waals surface area contributed by atoms with E-state index in [-0.39, 0.29) is 0 Å². The largest absolute Gasteiger partial charge is 0.314 e. The summed E-state index contributed by atoms with van der Waals surface area (Å²) in [6, 6.07) is 9.34. The number of nitrogens with one attached hydrogen (secondary N) is 1. The number of halogens is 1. The predicted octanol–water partition coefficient (Wildman–Crippen LogP) is 5.04. The van der Waals surface area contributed by atoms with Crippen molar-refractivity contribution in [3.63, 3.8) is 0 Å². The molecule has 19 heavy (non-hydrogen) atoms. The number of hydrogen-bond donors (Lipinski definition) is 1. The lowest BCUT2D eigenvalue weighted by Gasteiger charge is -2.25. The SMILES string of the molecule is CCCC(C)C(CNC(C)C)Cc1ccc(Br)cc1. The summed E-state index contributed by atoms with van der Waals surface area (Å²) in [6.45, 7) is 10.2. The van der Waals surface area contributed by atoms with E-state index < -0.39 is 0 Å². The van der Waals surface area contributed by atoms with E-state index in [1.54, 1.807) is 0 Å². The molecule has 0 fully saturated rings. The van der Waals surface area contributed by atoms with Crippen LogP contribution < -0.4 is 5.32 Å². The minimum absolute atomic E-state index is 0.571. The fourth-order valence-corrected chi connectivity index (χ4v) is 2.74. The first kappa shape index (κ1) is 16.7. The van der Waals surface area contributed by atoms with Gasteiger partial charge in [0.05, 0.1) is 0 Å². The molecule has 0 aliphatic rings. The van der Waals surface area contributed by atoms with Gasteiger partial charge in [-0.2, -0.15) is 0 Å². The van der Waals surface area contributed by atoms with Gasteiger partial charge in [-0.05, 0) is 42.5 Å². The second-order valence-corrected chi connectivity index (χ2v) is 6.84. The number of benzene rings is 1. The second-order valence-electron chi connectivity index (χ2n) is 5.92. The van der Waals surface area contributed by atoms with Gasteiger partial charge in [0.2, 0.25) is 0 Å². The van der Waals surface area contributed by atoms with E-state index in [0.717, 1.165) is 22.9 Å². The van der Waals surface area contributed by atoms with Crippen molar-refractivity contribution in [1.82, 2.24) is 5.32 Å². The molecule has 0 aliphatic carbocycles. The molecule has 1 N–H and O–H groups in total. The Labute approximate surface area is 127 Å². The topological polar surface area (TPSA) is 12.0 Å². The third kappa shape index (κ3) is 6.58. The van der Waals surface area contributed by atoms with Crippen LogP contribution in [0.5, 0.6) is 0 Å². The Morgan fingerprint density at radius 1 is 1.11 bits per heavy atom. The maximum atomic E-state index is 3.61. The van der Waals surface area contributed by atoms with Crippen molar-refractivity contribution >= 4 is 15.9 Å². The van der Waals surface area contributed by atoms with Gasteiger partial charge in [0.25, 0.3) is 0 Å². The molecular weight excluding hydrogens is 298 g/mol. The van der Waals surface area contributed by atoms with Gasteiger partial charge in [0.15, 0.2) is 0 Å². The van der Waals surface area contributed by atoms with E-state index in [2.05, 4.69) is 73.2 Å². The molecule has 1 aromatic carbocycles. The van der Waals surface area contributed by atoms with Crippen LogP contribution in [-0.4, -0.2) is 12.6 Å². The molecular formula is C17H28BrN. The zero-order valence-electron chi connectivity index (χ0n) is 12.7. The molecule has 0 aliphatic heterocycles. The zero-order chi connectivity index (χ0) is 14.3. The maximum Gasteiger partial charge on any atom is 0.0175 e. The molecule has 2 heteroatoms. The Bertz CT molecular complexity index is 345. The normalized spacial score (nSPS) is 14.6. The van der Waals surface area contributed by atoms with E-state index in [9.17, 15) is 0 Å². The molecule has 0 spiro atoms. The first-order chi connectivity index (χ1) is 9.02. The molecule has 0 aromatic heterocycles. The second kappa shape index (κ2) is 8.76. The highest BCUT2D eigenvalue weighted by molar-refractivity contribution is 9.10. The van der Waals surface area contributed by atoms with Crippen LogP contribution in [0.25, 0.3) is 0 Å². The quantitative estimate of drug-likeness (QED) is 0.705. The van der Waals surface area contributed by atoms with Gasteiger partial charge in [-0.3, -0.25) is 0 Å². The third-order valence-corrected chi connectivity index (χ3v) is 4.28. The minimum atomic E-state index is 0.571.